The lowest BCUT2D eigenvalue weighted by atomic mass is 9.91. The third-order valence-electron chi connectivity index (χ3n) is 4.57. The molecule has 0 aliphatic rings. The number of hydrogen-bond donors (Lipinski definition) is 5. The van der Waals surface area contributed by atoms with Crippen molar-refractivity contribution in [2.75, 3.05) is 12.8 Å². The Morgan fingerprint density at radius 1 is 0.968 bits per heavy atom. The molecule has 3 aromatic rings. The molecule has 0 fully saturated rings. The minimum absolute atomic E-state index is 0.162. The van der Waals surface area contributed by atoms with Crippen LogP contribution < -0.4 is 11.3 Å². The maximum atomic E-state index is 12.2. The van der Waals surface area contributed by atoms with Gasteiger partial charge in [0.1, 0.15) is 22.7 Å². The highest BCUT2D eigenvalue weighted by molar-refractivity contribution is 6.08. The van der Waals surface area contributed by atoms with Crippen LogP contribution in [0.25, 0.3) is 22.3 Å². The molecule has 0 saturated carbocycles. The number of phenols is 1. The van der Waals surface area contributed by atoms with Gasteiger partial charge in [0.15, 0.2) is 0 Å². The molecular weight excluding hydrogens is 408 g/mol. The minimum atomic E-state index is -1.70. The highest BCUT2D eigenvalue weighted by Gasteiger charge is 2.28. The number of carbonyl (C=O) groups is 3. The molecule has 10 nitrogen and oxygen atoms in total. The number of carboxylic acid groups (broad SMARTS) is 2. The number of methoxy groups -OCH3 is 1. The van der Waals surface area contributed by atoms with E-state index in [1.165, 1.54) is 37.4 Å². The van der Waals surface area contributed by atoms with Gasteiger partial charge in [0.2, 0.25) is 0 Å². The number of aromatic amines is 1. The van der Waals surface area contributed by atoms with E-state index in [9.17, 15) is 34.5 Å². The van der Waals surface area contributed by atoms with E-state index in [1.807, 2.05) is 4.98 Å². The van der Waals surface area contributed by atoms with Crippen molar-refractivity contribution in [2.24, 2.45) is 0 Å². The molecule has 0 radical (unpaired) electrons. The van der Waals surface area contributed by atoms with Crippen LogP contribution in [0.3, 0.4) is 0 Å². The molecule has 0 spiro atoms. The molecule has 0 unspecified atom stereocenters. The second-order valence-corrected chi connectivity index (χ2v) is 6.38. The van der Waals surface area contributed by atoms with Gasteiger partial charge in [0, 0.05) is 16.7 Å². The molecule has 2 aromatic carbocycles. The van der Waals surface area contributed by atoms with Crippen molar-refractivity contribution in [3.05, 3.63) is 69.5 Å². The Kier molecular flexibility index (Phi) is 5.47. The summed E-state index contributed by atoms with van der Waals surface area (Å²) in [6, 6.07) is 10.2. The SMILES string of the molecule is COC(=O)c1cccc(-c2cccc(-c3c(C(=O)O)c(N)[nH]c(=O)c3C(=O)O)c2O)c1. The number of nitrogen functional groups attached to an aromatic ring is 1. The number of nitrogens with one attached hydrogen (secondary N) is 1. The van der Waals surface area contributed by atoms with Crippen molar-refractivity contribution in [3.8, 4) is 28.0 Å². The Morgan fingerprint density at radius 3 is 2.19 bits per heavy atom. The van der Waals surface area contributed by atoms with Crippen LogP contribution in [-0.4, -0.2) is 45.3 Å². The van der Waals surface area contributed by atoms with E-state index in [0.29, 0.717) is 5.56 Å². The van der Waals surface area contributed by atoms with Gasteiger partial charge >= 0.3 is 17.9 Å². The number of para-hydroxylation sites is 1. The lowest BCUT2D eigenvalue weighted by Crippen LogP contribution is -2.24. The number of pyridine rings is 1. The number of ether oxygens (including phenoxy) is 1. The topological polar surface area (TPSA) is 180 Å². The van der Waals surface area contributed by atoms with Crippen molar-refractivity contribution in [1.82, 2.24) is 4.98 Å². The summed E-state index contributed by atoms with van der Waals surface area (Å²) in [7, 11) is 1.21. The molecule has 0 bridgehead atoms. The van der Waals surface area contributed by atoms with Gasteiger partial charge in [0.25, 0.3) is 5.56 Å². The number of nitrogens with two attached hydrogens (primary N) is 1. The van der Waals surface area contributed by atoms with Gasteiger partial charge in [-0.3, -0.25) is 4.79 Å². The summed E-state index contributed by atoms with van der Waals surface area (Å²) in [6.45, 7) is 0. The van der Waals surface area contributed by atoms with Gasteiger partial charge in [-0.25, -0.2) is 14.4 Å². The number of benzene rings is 2. The average Bonchev–Trinajstić information content (AvgIpc) is 2.72. The van der Waals surface area contributed by atoms with Gasteiger partial charge in [-0.2, -0.15) is 0 Å². The van der Waals surface area contributed by atoms with E-state index in [2.05, 4.69) is 4.74 Å². The van der Waals surface area contributed by atoms with Crippen LogP contribution in [0, 0.1) is 0 Å². The van der Waals surface area contributed by atoms with Crippen LogP contribution in [0.5, 0.6) is 5.75 Å². The third-order valence-corrected chi connectivity index (χ3v) is 4.57. The number of rotatable bonds is 5. The standard InChI is InChI=1S/C21H16N2O8/c1-31-21(30)10-5-2-4-9(8-10)11-6-3-7-12(16(11)24)13-14(19(26)27)17(22)23-18(25)15(13)20(28)29/h2-8,24H,1H3,(H,26,27)(H,28,29)(H3,22,23,25). The number of esters is 1. The maximum Gasteiger partial charge on any atom is 0.342 e. The van der Waals surface area contributed by atoms with Gasteiger partial charge in [-0.15, -0.1) is 0 Å². The Bertz CT molecular complexity index is 1290. The van der Waals surface area contributed by atoms with Gasteiger partial charge in [0.05, 0.1) is 12.7 Å². The largest absolute Gasteiger partial charge is 0.507 e. The molecule has 6 N–H and O–H groups in total. The summed E-state index contributed by atoms with van der Waals surface area (Å²) in [6.07, 6.45) is 0. The Hall–Kier alpha value is -4.60. The van der Waals surface area contributed by atoms with Gasteiger partial charge in [-0.1, -0.05) is 30.3 Å². The summed E-state index contributed by atoms with van der Waals surface area (Å²) in [4.78, 5) is 49.6. The second kappa shape index (κ2) is 8.03. The molecule has 31 heavy (non-hydrogen) atoms. The van der Waals surface area contributed by atoms with Gasteiger partial charge in [-0.05, 0) is 17.7 Å². The van der Waals surface area contributed by atoms with Crippen LogP contribution in [-0.2, 0) is 4.74 Å². The number of aromatic hydroxyl groups is 1. The first-order valence-electron chi connectivity index (χ1n) is 8.70. The van der Waals surface area contributed by atoms with Crippen LogP contribution >= 0.6 is 0 Å². The van der Waals surface area contributed by atoms with Crippen molar-refractivity contribution < 1.29 is 34.4 Å². The molecule has 158 valence electrons. The lowest BCUT2D eigenvalue weighted by Gasteiger charge is -2.15. The molecule has 0 aliphatic heterocycles. The smallest absolute Gasteiger partial charge is 0.342 e. The first kappa shape index (κ1) is 21.1. The molecule has 0 atom stereocenters. The highest BCUT2D eigenvalue weighted by atomic mass is 16.5. The number of carbonyl (C=O) groups excluding carboxylic acids is 1. The number of phenolic OH excluding ortho intramolecular Hbond substituents is 1. The maximum absolute atomic E-state index is 12.2. The molecule has 1 aromatic heterocycles. The van der Waals surface area contributed by atoms with Crippen molar-refractivity contribution >= 4 is 23.7 Å². The summed E-state index contributed by atoms with van der Waals surface area (Å²) in [5, 5.41) is 30.0. The van der Waals surface area contributed by atoms with Crippen LogP contribution in [0.2, 0.25) is 0 Å². The number of anilines is 1. The first-order valence-corrected chi connectivity index (χ1v) is 8.70. The zero-order chi connectivity index (χ0) is 22.9. The van der Waals surface area contributed by atoms with Crippen molar-refractivity contribution in [2.45, 2.75) is 0 Å². The quantitative estimate of drug-likeness (QED) is 0.384. The van der Waals surface area contributed by atoms with Crippen LogP contribution in [0.4, 0.5) is 5.82 Å². The predicted octanol–water partition coefficient (Wildman–Crippen LogP) is 2.18. The zero-order valence-electron chi connectivity index (χ0n) is 16.0. The summed E-state index contributed by atoms with van der Waals surface area (Å²) < 4.78 is 4.68. The predicted molar refractivity (Wildman–Crippen MR) is 109 cm³/mol. The lowest BCUT2D eigenvalue weighted by molar-refractivity contribution is 0.0599. The van der Waals surface area contributed by atoms with E-state index in [-0.39, 0.29) is 16.7 Å². The number of hydrogen-bond acceptors (Lipinski definition) is 7. The number of aromatic carboxylic acids is 2. The fourth-order valence-corrected chi connectivity index (χ4v) is 3.23. The number of H-pyrrole nitrogens is 1. The van der Waals surface area contributed by atoms with E-state index in [1.54, 1.807) is 12.1 Å². The molecule has 10 heteroatoms. The van der Waals surface area contributed by atoms with E-state index < -0.39 is 51.7 Å². The average molecular weight is 424 g/mol. The summed E-state index contributed by atoms with van der Waals surface area (Å²) >= 11 is 0. The van der Waals surface area contributed by atoms with Gasteiger partial charge < -0.3 is 30.8 Å². The Morgan fingerprint density at radius 2 is 1.58 bits per heavy atom. The Labute approximate surface area is 174 Å². The Balaban J connectivity index is 2.36. The van der Waals surface area contributed by atoms with E-state index >= 15 is 0 Å². The molecule has 0 aliphatic carbocycles. The number of carboxylic acids is 2. The number of aromatic nitrogens is 1. The monoisotopic (exact) mass is 424 g/mol. The molecule has 1 heterocycles. The van der Waals surface area contributed by atoms with Crippen molar-refractivity contribution in [3.63, 3.8) is 0 Å². The summed E-state index contributed by atoms with van der Waals surface area (Å²) in [5.74, 6) is -4.96. The normalized spacial score (nSPS) is 10.5. The fourth-order valence-electron chi connectivity index (χ4n) is 3.23. The molecule has 0 amide bonds. The van der Waals surface area contributed by atoms with E-state index in [4.69, 9.17) is 5.73 Å². The molecular formula is C21H16N2O8. The fraction of sp³-hybridized carbons (Fsp3) is 0.0476. The van der Waals surface area contributed by atoms with Crippen LogP contribution in [0.1, 0.15) is 31.1 Å². The molecule has 0 saturated heterocycles. The minimum Gasteiger partial charge on any atom is -0.507 e. The van der Waals surface area contributed by atoms with Crippen LogP contribution in [0.15, 0.2) is 47.3 Å². The van der Waals surface area contributed by atoms with E-state index in [0.717, 1.165) is 0 Å². The highest BCUT2D eigenvalue weighted by Crippen LogP contribution is 2.41. The second-order valence-electron chi connectivity index (χ2n) is 6.38. The van der Waals surface area contributed by atoms with Crippen molar-refractivity contribution in [1.29, 1.82) is 0 Å². The summed E-state index contributed by atoms with van der Waals surface area (Å²) in [5.41, 5.74) is 2.91. The zero-order valence-corrected chi connectivity index (χ0v) is 16.0. The molecule has 3 rings (SSSR count). The third kappa shape index (κ3) is 3.69. The first-order chi connectivity index (χ1) is 14.7.